The number of carbonyl (C=O) groups excluding carboxylic acids is 2. The molecule has 0 aromatic heterocycles. The van der Waals surface area contributed by atoms with Crippen LogP contribution in [0.1, 0.15) is 63.0 Å². The summed E-state index contributed by atoms with van der Waals surface area (Å²) in [5.74, 6) is 0.668. The number of hydrogen-bond acceptors (Lipinski definition) is 3. The van der Waals surface area contributed by atoms with Gasteiger partial charge in [-0.1, -0.05) is 55.6 Å². The molecule has 1 atom stereocenters. The van der Waals surface area contributed by atoms with E-state index in [0.29, 0.717) is 37.4 Å². The van der Waals surface area contributed by atoms with E-state index in [1.807, 2.05) is 50.2 Å². The topological polar surface area (TPSA) is 58.6 Å². The summed E-state index contributed by atoms with van der Waals surface area (Å²) < 4.78 is 5.74. The fourth-order valence-electron chi connectivity index (χ4n) is 4.35. The molecule has 3 rings (SSSR count). The third-order valence-electron chi connectivity index (χ3n) is 6.31. The molecule has 1 saturated carbocycles. The monoisotopic (exact) mass is 470 g/mol. The van der Waals surface area contributed by atoms with Crippen LogP contribution in [0.3, 0.4) is 0 Å². The highest BCUT2D eigenvalue weighted by Gasteiger charge is 2.30. The van der Waals surface area contributed by atoms with Gasteiger partial charge in [0.05, 0.1) is 6.61 Å². The van der Waals surface area contributed by atoms with Crippen LogP contribution < -0.4 is 10.1 Å². The molecule has 0 radical (unpaired) electrons. The van der Waals surface area contributed by atoms with Crippen LogP contribution in [0.15, 0.2) is 48.5 Å². The molecule has 1 aliphatic rings. The summed E-state index contributed by atoms with van der Waals surface area (Å²) >= 11 is 5.91. The Labute approximate surface area is 202 Å². The van der Waals surface area contributed by atoms with Gasteiger partial charge >= 0.3 is 0 Å². The summed E-state index contributed by atoms with van der Waals surface area (Å²) in [7, 11) is 0. The number of nitrogens with zero attached hydrogens (tertiary/aromatic N) is 1. The number of benzene rings is 2. The van der Waals surface area contributed by atoms with Crippen LogP contribution in [-0.4, -0.2) is 35.4 Å². The molecular weight excluding hydrogens is 436 g/mol. The molecule has 178 valence electrons. The minimum Gasteiger partial charge on any atom is -0.494 e. The molecule has 33 heavy (non-hydrogen) atoms. The van der Waals surface area contributed by atoms with Gasteiger partial charge in [0.15, 0.2) is 0 Å². The molecule has 0 saturated heterocycles. The minimum absolute atomic E-state index is 0.0219. The predicted octanol–water partition coefficient (Wildman–Crippen LogP) is 5.67. The first-order valence-corrected chi connectivity index (χ1v) is 12.4. The van der Waals surface area contributed by atoms with Crippen LogP contribution in [0.2, 0.25) is 5.02 Å². The smallest absolute Gasteiger partial charge is 0.243 e. The van der Waals surface area contributed by atoms with Gasteiger partial charge in [-0.2, -0.15) is 0 Å². The maximum atomic E-state index is 13.3. The zero-order valence-electron chi connectivity index (χ0n) is 19.7. The van der Waals surface area contributed by atoms with Crippen molar-refractivity contribution in [1.29, 1.82) is 0 Å². The number of hydrogen-bond donors (Lipinski definition) is 1. The highest BCUT2D eigenvalue weighted by Crippen LogP contribution is 2.21. The number of rotatable bonds is 11. The van der Waals surface area contributed by atoms with E-state index in [2.05, 4.69) is 5.32 Å². The maximum absolute atomic E-state index is 13.3. The van der Waals surface area contributed by atoms with Gasteiger partial charge in [-0.25, -0.2) is 0 Å². The Kier molecular flexibility index (Phi) is 9.61. The lowest BCUT2D eigenvalue weighted by atomic mass is 10.0. The molecule has 1 N–H and O–H groups in total. The van der Waals surface area contributed by atoms with Gasteiger partial charge in [0.2, 0.25) is 11.8 Å². The first kappa shape index (κ1) is 25.1. The lowest BCUT2D eigenvalue weighted by Gasteiger charge is -2.32. The average Bonchev–Trinajstić information content (AvgIpc) is 3.32. The second-order valence-electron chi connectivity index (χ2n) is 8.77. The summed E-state index contributed by atoms with van der Waals surface area (Å²) in [6, 6.07) is 15.0. The van der Waals surface area contributed by atoms with E-state index < -0.39 is 6.04 Å². The second kappa shape index (κ2) is 12.6. The molecule has 0 aliphatic heterocycles. The summed E-state index contributed by atoms with van der Waals surface area (Å²) in [4.78, 5) is 28.2. The Morgan fingerprint density at radius 3 is 2.48 bits per heavy atom. The van der Waals surface area contributed by atoms with Crippen LogP contribution in [-0.2, 0) is 16.1 Å². The second-order valence-corrected chi connectivity index (χ2v) is 9.20. The van der Waals surface area contributed by atoms with Crippen LogP contribution in [0.25, 0.3) is 0 Å². The average molecular weight is 471 g/mol. The van der Waals surface area contributed by atoms with Crippen molar-refractivity contribution in [3.05, 3.63) is 64.7 Å². The van der Waals surface area contributed by atoms with E-state index in [4.69, 9.17) is 16.3 Å². The highest BCUT2D eigenvalue weighted by atomic mass is 35.5. The Bertz CT molecular complexity index is 910. The number of halogens is 1. The number of carbonyl (C=O) groups is 2. The van der Waals surface area contributed by atoms with Crippen molar-refractivity contribution in [3.8, 4) is 5.75 Å². The van der Waals surface area contributed by atoms with Crippen molar-refractivity contribution in [2.45, 2.75) is 77.4 Å². The van der Waals surface area contributed by atoms with Gasteiger partial charge in [-0.05, 0) is 68.0 Å². The molecule has 1 fully saturated rings. The lowest BCUT2D eigenvalue weighted by Crippen LogP contribution is -2.51. The summed E-state index contributed by atoms with van der Waals surface area (Å²) in [5.41, 5.74) is 2.18. The fourth-order valence-corrected chi connectivity index (χ4v) is 4.47. The zero-order chi connectivity index (χ0) is 23.6. The van der Waals surface area contributed by atoms with Crippen LogP contribution in [0.5, 0.6) is 5.75 Å². The highest BCUT2D eigenvalue weighted by molar-refractivity contribution is 6.30. The number of amides is 2. The molecule has 5 nitrogen and oxygen atoms in total. The van der Waals surface area contributed by atoms with E-state index in [-0.39, 0.29) is 17.9 Å². The standard InChI is InChI=1S/C27H35ClN2O3/c1-3-25(27(32)29-23-11-6-7-12-23)30(19-21-10-5-4-9-20(21)2)26(31)13-8-18-33-24-16-14-22(28)15-17-24/h4-5,9-10,14-17,23,25H,3,6-8,11-13,18-19H2,1-2H3,(H,29,32)/t25-/m0/s1. The maximum Gasteiger partial charge on any atom is 0.243 e. The third-order valence-corrected chi connectivity index (χ3v) is 6.56. The van der Waals surface area contributed by atoms with Crippen LogP contribution in [0, 0.1) is 6.92 Å². The lowest BCUT2D eigenvalue weighted by molar-refractivity contribution is -0.141. The van der Waals surface area contributed by atoms with E-state index >= 15 is 0 Å². The van der Waals surface area contributed by atoms with E-state index in [9.17, 15) is 9.59 Å². The quantitative estimate of drug-likeness (QED) is 0.430. The Morgan fingerprint density at radius 2 is 1.82 bits per heavy atom. The predicted molar refractivity (Wildman–Crippen MR) is 132 cm³/mol. The molecule has 0 unspecified atom stereocenters. The van der Waals surface area contributed by atoms with E-state index in [1.54, 1.807) is 17.0 Å². The third kappa shape index (κ3) is 7.50. The molecule has 0 spiro atoms. The van der Waals surface area contributed by atoms with E-state index in [1.165, 1.54) is 0 Å². The Balaban J connectivity index is 1.65. The van der Waals surface area contributed by atoms with E-state index in [0.717, 1.165) is 42.6 Å². The first-order valence-electron chi connectivity index (χ1n) is 12.0. The van der Waals surface area contributed by atoms with Gasteiger partial charge in [0, 0.05) is 24.0 Å². The van der Waals surface area contributed by atoms with Gasteiger partial charge in [-0.3, -0.25) is 9.59 Å². The van der Waals surface area contributed by atoms with Crippen molar-refractivity contribution in [3.63, 3.8) is 0 Å². The van der Waals surface area contributed by atoms with Crippen molar-refractivity contribution < 1.29 is 14.3 Å². The number of nitrogens with one attached hydrogen (secondary N) is 1. The number of ether oxygens (including phenoxy) is 1. The minimum atomic E-state index is -0.477. The Hall–Kier alpha value is -2.53. The molecule has 1 aliphatic carbocycles. The zero-order valence-corrected chi connectivity index (χ0v) is 20.4. The molecule has 0 heterocycles. The van der Waals surface area contributed by atoms with Gasteiger partial charge in [0.25, 0.3) is 0 Å². The molecule has 0 bridgehead atoms. The van der Waals surface area contributed by atoms with Crippen LogP contribution >= 0.6 is 11.6 Å². The normalized spacial score (nSPS) is 14.6. The summed E-state index contributed by atoms with van der Waals surface area (Å²) in [6.45, 7) is 4.87. The molecule has 6 heteroatoms. The van der Waals surface area contributed by atoms with Crippen molar-refractivity contribution in [2.75, 3.05) is 6.61 Å². The molecule has 2 aromatic carbocycles. The summed E-state index contributed by atoms with van der Waals surface area (Å²) in [5, 5.41) is 3.85. The van der Waals surface area contributed by atoms with Gasteiger partial charge in [-0.15, -0.1) is 0 Å². The van der Waals surface area contributed by atoms with Crippen molar-refractivity contribution >= 4 is 23.4 Å². The van der Waals surface area contributed by atoms with Gasteiger partial charge < -0.3 is 15.0 Å². The number of aryl methyl sites for hydroxylation is 1. The molecular formula is C27H35ClN2O3. The Morgan fingerprint density at radius 1 is 1.12 bits per heavy atom. The molecule has 2 aromatic rings. The summed E-state index contributed by atoms with van der Waals surface area (Å²) in [6.07, 6.45) is 5.84. The fraction of sp³-hybridized carbons (Fsp3) is 0.481. The van der Waals surface area contributed by atoms with Crippen molar-refractivity contribution in [1.82, 2.24) is 10.2 Å². The SMILES string of the molecule is CC[C@@H](C(=O)NC1CCCC1)N(Cc1ccccc1C)C(=O)CCCOc1ccc(Cl)cc1. The van der Waals surface area contributed by atoms with Crippen LogP contribution in [0.4, 0.5) is 0 Å². The van der Waals surface area contributed by atoms with Gasteiger partial charge in [0.1, 0.15) is 11.8 Å². The molecule has 2 amide bonds. The van der Waals surface area contributed by atoms with Crippen molar-refractivity contribution in [2.24, 2.45) is 0 Å². The largest absolute Gasteiger partial charge is 0.494 e. The first-order chi connectivity index (χ1) is 16.0.